The third kappa shape index (κ3) is 4.08. The van der Waals surface area contributed by atoms with Crippen molar-refractivity contribution in [1.82, 2.24) is 10.2 Å². The minimum absolute atomic E-state index is 0.114. The highest BCUT2D eigenvalue weighted by Gasteiger charge is 2.22. The predicted molar refractivity (Wildman–Crippen MR) is 101 cm³/mol. The molecular weight excluding hydrogens is 334 g/mol. The van der Waals surface area contributed by atoms with Gasteiger partial charge in [-0.25, -0.2) is 0 Å². The van der Waals surface area contributed by atoms with E-state index in [1.54, 1.807) is 28.4 Å². The molecule has 25 heavy (non-hydrogen) atoms. The molecule has 2 aromatic rings. The molecule has 0 radical (unpaired) electrons. The van der Waals surface area contributed by atoms with E-state index < -0.39 is 0 Å². The lowest BCUT2D eigenvalue weighted by Gasteiger charge is -2.23. The van der Waals surface area contributed by atoms with E-state index in [2.05, 4.69) is 16.3 Å². The third-order valence-corrected chi connectivity index (χ3v) is 5.42. The van der Waals surface area contributed by atoms with Gasteiger partial charge in [0.2, 0.25) is 5.91 Å². The topological polar surface area (TPSA) is 52.7 Å². The molecule has 0 bridgehead atoms. The lowest BCUT2D eigenvalue weighted by Crippen LogP contribution is -2.34. The van der Waals surface area contributed by atoms with Crippen LogP contribution in [0.15, 0.2) is 41.8 Å². The van der Waals surface area contributed by atoms with Gasteiger partial charge in [0.05, 0.1) is 6.04 Å². The van der Waals surface area contributed by atoms with Gasteiger partial charge in [0.1, 0.15) is 0 Å². The Kier molecular flexibility index (Phi) is 5.50. The molecule has 1 aromatic heterocycles. The van der Waals surface area contributed by atoms with Crippen molar-refractivity contribution in [2.75, 3.05) is 32.1 Å². The number of hydrogen-bond acceptors (Lipinski definition) is 4. The van der Waals surface area contributed by atoms with Gasteiger partial charge in [-0.15, -0.1) is 11.3 Å². The molecule has 2 heterocycles. The van der Waals surface area contributed by atoms with Crippen LogP contribution in [0.2, 0.25) is 0 Å². The Balaban J connectivity index is 1.68. The molecule has 0 unspecified atom stereocenters. The largest absolute Gasteiger partial charge is 0.350 e. The van der Waals surface area contributed by atoms with Crippen LogP contribution in [0.5, 0.6) is 0 Å². The van der Waals surface area contributed by atoms with Gasteiger partial charge in [-0.2, -0.15) is 0 Å². The summed E-state index contributed by atoms with van der Waals surface area (Å²) in [6, 6.07) is 11.6. The van der Waals surface area contributed by atoms with E-state index in [0.29, 0.717) is 18.5 Å². The van der Waals surface area contributed by atoms with E-state index in [4.69, 9.17) is 0 Å². The van der Waals surface area contributed by atoms with Crippen LogP contribution in [-0.4, -0.2) is 43.9 Å². The van der Waals surface area contributed by atoms with E-state index in [1.165, 1.54) is 4.88 Å². The van der Waals surface area contributed by atoms with Gasteiger partial charge in [0.15, 0.2) is 0 Å². The van der Waals surface area contributed by atoms with Crippen molar-refractivity contribution in [2.24, 2.45) is 0 Å². The minimum atomic E-state index is -0.114. The number of amides is 2. The average Bonchev–Trinajstić information content (AvgIpc) is 3.26. The van der Waals surface area contributed by atoms with Crippen molar-refractivity contribution in [1.29, 1.82) is 0 Å². The molecule has 1 aromatic carbocycles. The number of likely N-dealkylation sites (N-methyl/N-ethyl adjacent to an activating group) is 1. The summed E-state index contributed by atoms with van der Waals surface area (Å²) in [5, 5.41) is 5.07. The molecule has 6 heteroatoms. The summed E-state index contributed by atoms with van der Waals surface area (Å²) in [5.74, 6) is 0.0137. The second kappa shape index (κ2) is 7.80. The number of anilines is 1. The van der Waals surface area contributed by atoms with Crippen LogP contribution < -0.4 is 10.2 Å². The number of carbonyl (C=O) groups is 2. The molecule has 1 atom stereocenters. The Hall–Kier alpha value is -2.18. The summed E-state index contributed by atoms with van der Waals surface area (Å²) in [5.41, 5.74) is 1.39. The fourth-order valence-corrected chi connectivity index (χ4v) is 3.97. The Morgan fingerprint density at radius 1 is 1.32 bits per heavy atom. The lowest BCUT2D eigenvalue weighted by atomic mass is 10.1. The van der Waals surface area contributed by atoms with Crippen LogP contribution in [0.1, 0.15) is 34.1 Å². The van der Waals surface area contributed by atoms with Gasteiger partial charge in [0, 0.05) is 35.6 Å². The number of benzene rings is 1. The minimum Gasteiger partial charge on any atom is -0.350 e. The number of rotatable bonds is 6. The highest BCUT2D eigenvalue weighted by Crippen LogP contribution is 2.24. The monoisotopic (exact) mass is 357 g/mol. The standard InChI is InChI=1S/C19H23N3O2S/c1-21(2)16(17-8-5-11-25-17)13-20-19(24)14-6-3-7-15(12-14)22-10-4-9-18(22)23/h3,5-8,11-12,16H,4,9-10,13H2,1-2H3,(H,20,24)/t16-/m1/s1. The van der Waals surface area contributed by atoms with Crippen LogP contribution in [0, 0.1) is 0 Å². The SMILES string of the molecule is CN(C)[C@H](CNC(=O)c1cccc(N2CCCC2=O)c1)c1cccs1. The molecule has 1 fully saturated rings. The quantitative estimate of drug-likeness (QED) is 0.865. The summed E-state index contributed by atoms with van der Waals surface area (Å²) in [4.78, 5) is 29.5. The number of nitrogens with zero attached hydrogens (tertiary/aromatic N) is 2. The van der Waals surface area contributed by atoms with Crippen LogP contribution in [0.3, 0.4) is 0 Å². The van der Waals surface area contributed by atoms with Gasteiger partial charge >= 0.3 is 0 Å². The van der Waals surface area contributed by atoms with E-state index >= 15 is 0 Å². The molecule has 5 nitrogen and oxygen atoms in total. The molecule has 2 amide bonds. The molecule has 1 aliphatic heterocycles. The van der Waals surface area contributed by atoms with Crippen molar-refractivity contribution in [2.45, 2.75) is 18.9 Å². The van der Waals surface area contributed by atoms with Crippen molar-refractivity contribution in [3.8, 4) is 0 Å². The molecule has 1 N–H and O–H groups in total. The van der Waals surface area contributed by atoms with Crippen molar-refractivity contribution in [3.63, 3.8) is 0 Å². The smallest absolute Gasteiger partial charge is 0.251 e. The van der Waals surface area contributed by atoms with E-state index in [0.717, 1.165) is 18.7 Å². The average molecular weight is 357 g/mol. The molecular formula is C19H23N3O2S. The fourth-order valence-electron chi connectivity index (χ4n) is 3.05. The predicted octanol–water partition coefficient (Wildman–Crippen LogP) is 2.91. The van der Waals surface area contributed by atoms with Gasteiger partial charge in [-0.05, 0) is 50.2 Å². The zero-order chi connectivity index (χ0) is 17.8. The summed E-state index contributed by atoms with van der Waals surface area (Å²) in [6.07, 6.45) is 1.46. The molecule has 0 saturated carbocycles. The molecule has 3 rings (SSSR count). The first-order chi connectivity index (χ1) is 12.1. The fraction of sp³-hybridized carbons (Fsp3) is 0.368. The zero-order valence-corrected chi connectivity index (χ0v) is 15.4. The molecule has 0 spiro atoms. The van der Waals surface area contributed by atoms with Crippen LogP contribution in [0.4, 0.5) is 5.69 Å². The second-order valence-electron chi connectivity index (χ2n) is 6.40. The molecule has 132 valence electrons. The van der Waals surface area contributed by atoms with Crippen LogP contribution in [-0.2, 0) is 4.79 Å². The van der Waals surface area contributed by atoms with Gasteiger partial charge < -0.3 is 15.1 Å². The maximum atomic E-state index is 12.6. The summed E-state index contributed by atoms with van der Waals surface area (Å²) < 4.78 is 0. The van der Waals surface area contributed by atoms with Crippen LogP contribution in [0.25, 0.3) is 0 Å². The van der Waals surface area contributed by atoms with Gasteiger partial charge in [-0.3, -0.25) is 9.59 Å². The highest BCUT2D eigenvalue weighted by molar-refractivity contribution is 7.10. The summed E-state index contributed by atoms with van der Waals surface area (Å²) in [6.45, 7) is 1.27. The van der Waals surface area contributed by atoms with Crippen molar-refractivity contribution >= 4 is 28.8 Å². The number of carbonyl (C=O) groups excluding carboxylic acids is 2. The van der Waals surface area contributed by atoms with Crippen molar-refractivity contribution < 1.29 is 9.59 Å². The van der Waals surface area contributed by atoms with Crippen molar-refractivity contribution in [3.05, 3.63) is 52.2 Å². The Morgan fingerprint density at radius 3 is 2.80 bits per heavy atom. The second-order valence-corrected chi connectivity index (χ2v) is 7.38. The first-order valence-electron chi connectivity index (χ1n) is 8.44. The number of nitrogens with one attached hydrogen (secondary N) is 1. The highest BCUT2D eigenvalue weighted by atomic mass is 32.1. The van der Waals surface area contributed by atoms with Gasteiger partial charge in [-0.1, -0.05) is 12.1 Å². The summed E-state index contributed by atoms with van der Waals surface area (Å²) in [7, 11) is 4.02. The van der Waals surface area contributed by atoms with Crippen LogP contribution >= 0.6 is 11.3 Å². The van der Waals surface area contributed by atoms with E-state index in [1.807, 2.05) is 37.7 Å². The third-order valence-electron chi connectivity index (χ3n) is 4.44. The van der Waals surface area contributed by atoms with Gasteiger partial charge in [0.25, 0.3) is 5.91 Å². The normalized spacial score (nSPS) is 15.6. The number of hydrogen-bond donors (Lipinski definition) is 1. The Bertz CT molecular complexity index is 743. The molecule has 0 aliphatic carbocycles. The maximum Gasteiger partial charge on any atom is 0.251 e. The maximum absolute atomic E-state index is 12.6. The first kappa shape index (κ1) is 17.6. The van der Waals surface area contributed by atoms with E-state index in [9.17, 15) is 9.59 Å². The number of thiophene rings is 1. The summed E-state index contributed by atoms with van der Waals surface area (Å²) >= 11 is 1.69. The van der Waals surface area contributed by atoms with E-state index in [-0.39, 0.29) is 17.9 Å². The first-order valence-corrected chi connectivity index (χ1v) is 9.32. The lowest BCUT2D eigenvalue weighted by molar-refractivity contribution is -0.117. The molecule has 1 aliphatic rings. The zero-order valence-electron chi connectivity index (χ0n) is 14.6. The molecule has 1 saturated heterocycles. The Labute approximate surface area is 152 Å². The Morgan fingerprint density at radius 2 is 2.16 bits per heavy atom.